The van der Waals surface area contributed by atoms with E-state index in [4.69, 9.17) is 0 Å². The van der Waals surface area contributed by atoms with Crippen LogP contribution in [0.3, 0.4) is 0 Å². The lowest BCUT2D eigenvalue weighted by Gasteiger charge is -2.29. The first-order valence-corrected chi connectivity index (χ1v) is 12.2. The molecule has 2 aromatic carbocycles. The maximum atomic E-state index is 13.1. The smallest absolute Gasteiger partial charge is 0.269 e. The summed E-state index contributed by atoms with van der Waals surface area (Å²) >= 11 is 4.83. The van der Waals surface area contributed by atoms with Gasteiger partial charge in [0.25, 0.3) is 5.69 Å². The van der Waals surface area contributed by atoms with E-state index < -0.39 is 11.0 Å². The number of hydrogen-bond donors (Lipinski definition) is 1. The number of amides is 2. The van der Waals surface area contributed by atoms with Crippen molar-refractivity contribution >= 4 is 45.2 Å². The van der Waals surface area contributed by atoms with Gasteiger partial charge in [-0.2, -0.15) is 0 Å². The molecule has 0 spiro atoms. The zero-order valence-corrected chi connectivity index (χ0v) is 20.8. The Kier molecular flexibility index (Phi) is 10.2. The number of thioether (sulfide) groups is 1. The minimum atomic E-state index is -0.607. The fourth-order valence-corrected chi connectivity index (χ4v) is 4.01. The van der Waals surface area contributed by atoms with Crippen LogP contribution in [0.4, 0.5) is 5.69 Å². The summed E-state index contributed by atoms with van der Waals surface area (Å²) in [6, 6.07) is 13.4. The molecule has 0 heterocycles. The molecule has 0 saturated carbocycles. The third-order valence-corrected chi connectivity index (χ3v) is 6.28. The molecule has 0 bridgehead atoms. The van der Waals surface area contributed by atoms with Gasteiger partial charge in [-0.1, -0.05) is 54.0 Å². The molecule has 2 aromatic rings. The molecular weight excluding hydrogens is 494 g/mol. The molecule has 1 N–H and O–H groups in total. The summed E-state index contributed by atoms with van der Waals surface area (Å²) in [6.07, 6.45) is 0. The number of carbonyl (C=O) groups is 2. The van der Waals surface area contributed by atoms with Crippen molar-refractivity contribution < 1.29 is 14.5 Å². The number of nitro groups is 1. The van der Waals surface area contributed by atoms with Crippen LogP contribution < -0.4 is 5.32 Å². The van der Waals surface area contributed by atoms with Crippen molar-refractivity contribution in [2.75, 3.05) is 12.3 Å². The van der Waals surface area contributed by atoms with E-state index in [2.05, 4.69) is 21.2 Å². The number of halogens is 1. The second kappa shape index (κ2) is 12.6. The molecule has 2 amide bonds. The zero-order chi connectivity index (χ0) is 23.7. The summed E-state index contributed by atoms with van der Waals surface area (Å²) in [6.45, 7) is 6.67. The minimum absolute atomic E-state index is 0.0386. The molecule has 7 nitrogen and oxygen atoms in total. The summed E-state index contributed by atoms with van der Waals surface area (Å²) in [5, 5.41) is 13.7. The average Bonchev–Trinajstić information content (AvgIpc) is 2.76. The number of nitrogens with one attached hydrogen (secondary N) is 1. The second-order valence-corrected chi connectivity index (χ2v) is 9.78. The van der Waals surface area contributed by atoms with Crippen molar-refractivity contribution in [1.29, 1.82) is 0 Å². The molecule has 0 aromatic heterocycles. The van der Waals surface area contributed by atoms with Gasteiger partial charge >= 0.3 is 0 Å². The number of nitro benzene ring substituents is 1. The molecule has 1 atom stereocenters. The second-order valence-electron chi connectivity index (χ2n) is 7.88. The van der Waals surface area contributed by atoms with Gasteiger partial charge in [-0.05, 0) is 36.1 Å². The third-order valence-electron chi connectivity index (χ3n) is 4.76. The summed E-state index contributed by atoms with van der Waals surface area (Å²) in [5.41, 5.74) is 1.87. The number of non-ortho nitro benzene ring substituents is 1. The third kappa shape index (κ3) is 8.27. The zero-order valence-electron chi connectivity index (χ0n) is 18.4. The Morgan fingerprint density at radius 1 is 1.06 bits per heavy atom. The fraction of sp³-hybridized carbons (Fsp3) is 0.391. The van der Waals surface area contributed by atoms with E-state index in [-0.39, 0.29) is 23.3 Å². The predicted molar refractivity (Wildman–Crippen MR) is 131 cm³/mol. The number of rotatable bonds is 11. The van der Waals surface area contributed by atoms with Crippen LogP contribution in [-0.4, -0.2) is 40.0 Å². The molecular formula is C23H28BrN3O4S. The van der Waals surface area contributed by atoms with Crippen LogP contribution in [0.5, 0.6) is 0 Å². The largest absolute Gasteiger partial charge is 0.354 e. The lowest BCUT2D eigenvalue weighted by atomic mass is 10.1. The van der Waals surface area contributed by atoms with Crippen molar-refractivity contribution in [2.24, 2.45) is 5.92 Å². The highest BCUT2D eigenvalue weighted by Gasteiger charge is 2.26. The maximum Gasteiger partial charge on any atom is 0.269 e. The highest BCUT2D eigenvalue weighted by Crippen LogP contribution is 2.19. The first-order valence-electron chi connectivity index (χ1n) is 10.3. The van der Waals surface area contributed by atoms with Crippen LogP contribution in [0.15, 0.2) is 53.0 Å². The van der Waals surface area contributed by atoms with Gasteiger partial charge in [0.1, 0.15) is 6.04 Å². The van der Waals surface area contributed by atoms with Crippen molar-refractivity contribution in [2.45, 2.75) is 39.1 Å². The van der Waals surface area contributed by atoms with E-state index in [1.165, 1.54) is 23.9 Å². The van der Waals surface area contributed by atoms with Crippen LogP contribution in [0.2, 0.25) is 0 Å². The van der Waals surface area contributed by atoms with Crippen molar-refractivity contribution in [1.82, 2.24) is 10.2 Å². The highest BCUT2D eigenvalue weighted by molar-refractivity contribution is 9.10. The maximum absolute atomic E-state index is 13.1. The summed E-state index contributed by atoms with van der Waals surface area (Å²) < 4.78 is 0.945. The molecule has 9 heteroatoms. The topological polar surface area (TPSA) is 92.6 Å². The molecule has 172 valence electrons. The molecule has 0 aliphatic carbocycles. The fourth-order valence-electron chi connectivity index (χ4n) is 2.87. The predicted octanol–water partition coefficient (Wildman–Crippen LogP) is 4.78. The van der Waals surface area contributed by atoms with Crippen molar-refractivity contribution in [3.05, 3.63) is 74.2 Å². The molecule has 0 unspecified atom stereocenters. The Bertz CT molecular complexity index is 920. The van der Waals surface area contributed by atoms with Crippen molar-refractivity contribution in [3.8, 4) is 0 Å². The Hall–Kier alpha value is -2.39. The first kappa shape index (κ1) is 25.9. The lowest BCUT2D eigenvalue weighted by molar-refractivity contribution is -0.384. The summed E-state index contributed by atoms with van der Waals surface area (Å²) in [7, 11) is 0. The number of benzene rings is 2. The van der Waals surface area contributed by atoms with Gasteiger partial charge in [0, 0.05) is 35.4 Å². The Morgan fingerprint density at radius 2 is 1.66 bits per heavy atom. The average molecular weight is 522 g/mol. The van der Waals surface area contributed by atoms with Gasteiger partial charge in [0.05, 0.1) is 10.7 Å². The number of nitrogens with zero attached hydrogens (tertiary/aromatic N) is 2. The van der Waals surface area contributed by atoms with Gasteiger partial charge in [-0.3, -0.25) is 19.7 Å². The quantitative estimate of drug-likeness (QED) is 0.339. The van der Waals surface area contributed by atoms with Crippen LogP contribution in [0, 0.1) is 16.0 Å². The van der Waals surface area contributed by atoms with Gasteiger partial charge in [-0.15, -0.1) is 11.8 Å². The van der Waals surface area contributed by atoms with E-state index in [0.29, 0.717) is 24.8 Å². The molecule has 0 radical (unpaired) electrons. The van der Waals surface area contributed by atoms with Crippen LogP contribution >= 0.6 is 27.7 Å². The van der Waals surface area contributed by atoms with E-state index in [1.54, 1.807) is 24.0 Å². The molecule has 0 saturated heterocycles. The highest BCUT2D eigenvalue weighted by atomic mass is 79.9. The lowest BCUT2D eigenvalue weighted by Crippen LogP contribution is -2.48. The summed E-state index contributed by atoms with van der Waals surface area (Å²) in [5.74, 6) is 0.759. The molecule has 0 aliphatic rings. The van der Waals surface area contributed by atoms with Crippen molar-refractivity contribution in [3.63, 3.8) is 0 Å². The Labute approximate surface area is 201 Å². The van der Waals surface area contributed by atoms with Crippen LogP contribution in [0.25, 0.3) is 0 Å². The number of carbonyl (C=O) groups excluding carboxylic acids is 2. The summed E-state index contributed by atoms with van der Waals surface area (Å²) in [4.78, 5) is 37.6. The van der Waals surface area contributed by atoms with E-state index in [9.17, 15) is 19.7 Å². The van der Waals surface area contributed by atoms with Gasteiger partial charge < -0.3 is 10.2 Å². The van der Waals surface area contributed by atoms with E-state index >= 15 is 0 Å². The van der Waals surface area contributed by atoms with Crippen LogP contribution in [0.1, 0.15) is 31.9 Å². The van der Waals surface area contributed by atoms with Gasteiger partial charge in [0.15, 0.2) is 0 Å². The first-order chi connectivity index (χ1) is 15.2. The Morgan fingerprint density at radius 3 is 2.22 bits per heavy atom. The SMILES string of the molecule is CC(C)CNC(=O)[C@@H](C)N(Cc1ccc(Br)cc1)C(=O)CSCc1ccc([N+](=O)[O-])cc1. The minimum Gasteiger partial charge on any atom is -0.354 e. The monoisotopic (exact) mass is 521 g/mol. The van der Waals surface area contributed by atoms with Gasteiger partial charge in [0.2, 0.25) is 11.8 Å². The van der Waals surface area contributed by atoms with Gasteiger partial charge in [-0.25, -0.2) is 0 Å². The standard InChI is InChI=1S/C23H28BrN3O4S/c1-16(2)12-25-23(29)17(3)26(13-18-4-8-20(24)9-5-18)22(28)15-32-14-19-6-10-21(11-7-19)27(30)31/h4-11,16-17H,12-15H2,1-3H3,(H,25,29)/t17-/m1/s1. The molecule has 32 heavy (non-hydrogen) atoms. The molecule has 2 rings (SSSR count). The Balaban J connectivity index is 2.03. The van der Waals surface area contributed by atoms with E-state index in [1.807, 2.05) is 38.1 Å². The van der Waals surface area contributed by atoms with Crippen LogP contribution in [-0.2, 0) is 21.9 Å². The van der Waals surface area contributed by atoms with E-state index in [0.717, 1.165) is 15.6 Å². The number of hydrogen-bond acceptors (Lipinski definition) is 5. The molecule has 0 fully saturated rings. The molecule has 0 aliphatic heterocycles. The normalized spacial score (nSPS) is 11.8.